The Balaban J connectivity index is 2.30. The van der Waals surface area contributed by atoms with E-state index < -0.39 is 13.1 Å². The number of ether oxygens (including phenoxy) is 2. The molecule has 0 fully saturated rings. The molecule has 0 saturated carbocycles. The molecule has 1 atom stereocenters. The summed E-state index contributed by atoms with van der Waals surface area (Å²) in [6, 6.07) is 8.18. The number of hydrogen-bond acceptors (Lipinski definition) is 5. The number of carbonyl (C=O) groups is 1. The van der Waals surface area contributed by atoms with Gasteiger partial charge in [0, 0.05) is 12.2 Å². The predicted molar refractivity (Wildman–Crippen MR) is 100.0 cm³/mol. The zero-order valence-corrected chi connectivity index (χ0v) is 16.3. The summed E-state index contributed by atoms with van der Waals surface area (Å²) in [6.45, 7) is 8.46. The molecular weight excluding hydrogens is 355 g/mol. The lowest BCUT2D eigenvalue weighted by molar-refractivity contribution is 0.220. The third-order valence-corrected chi connectivity index (χ3v) is 4.59. The van der Waals surface area contributed by atoms with E-state index in [1.54, 1.807) is 44.2 Å². The Bertz CT molecular complexity index is 859. The van der Waals surface area contributed by atoms with E-state index >= 15 is 0 Å². The lowest BCUT2D eigenvalue weighted by Crippen LogP contribution is -2.06. The molecule has 7 heteroatoms. The minimum atomic E-state index is -3.95. The molecule has 140 valence electrons. The number of aromatic hydroxyl groups is 1. The Labute approximate surface area is 152 Å². The van der Waals surface area contributed by atoms with Gasteiger partial charge in [-0.15, -0.1) is 0 Å². The second-order valence-electron chi connectivity index (χ2n) is 6.61. The van der Waals surface area contributed by atoms with Crippen LogP contribution < -0.4 is 9.47 Å². The van der Waals surface area contributed by atoms with E-state index in [-0.39, 0.29) is 17.4 Å². The molecule has 0 spiro atoms. The van der Waals surface area contributed by atoms with Crippen LogP contribution in [0.5, 0.6) is 23.0 Å². The largest absolute Gasteiger partial charge is 0.508 e. The monoisotopic (exact) mass is 378 g/mol. The smallest absolute Gasteiger partial charge is 0.396 e. The van der Waals surface area contributed by atoms with Crippen LogP contribution in [0.15, 0.2) is 30.3 Å². The summed E-state index contributed by atoms with van der Waals surface area (Å²) in [5.74, 6) is 1.72. The van der Waals surface area contributed by atoms with E-state index in [0.29, 0.717) is 22.6 Å². The average Bonchev–Trinajstić information content (AvgIpc) is 2.51. The van der Waals surface area contributed by atoms with Crippen molar-refractivity contribution in [3.8, 4) is 23.0 Å². The normalized spacial score (nSPS) is 13.3. The summed E-state index contributed by atoms with van der Waals surface area (Å²) < 4.78 is 22.3. The summed E-state index contributed by atoms with van der Waals surface area (Å²) in [6.07, 6.45) is 0. The Morgan fingerprint density at radius 1 is 1.08 bits per heavy atom. The van der Waals surface area contributed by atoms with Gasteiger partial charge in [-0.1, -0.05) is 13.8 Å². The Morgan fingerprint density at radius 2 is 1.65 bits per heavy atom. The highest BCUT2D eigenvalue weighted by Crippen LogP contribution is 2.40. The van der Waals surface area contributed by atoms with Crippen LogP contribution in [0.4, 0.5) is 4.79 Å². The fourth-order valence-corrected chi connectivity index (χ4v) is 2.77. The molecule has 2 N–H and O–H groups in total. The highest BCUT2D eigenvalue weighted by atomic mass is 31.2. The molecule has 6 nitrogen and oxygen atoms in total. The van der Waals surface area contributed by atoms with E-state index in [4.69, 9.17) is 9.47 Å². The van der Waals surface area contributed by atoms with Crippen LogP contribution in [0.3, 0.4) is 0 Å². The first-order valence-corrected chi connectivity index (χ1v) is 10.2. The van der Waals surface area contributed by atoms with Crippen molar-refractivity contribution in [1.82, 2.24) is 0 Å². The van der Waals surface area contributed by atoms with Gasteiger partial charge in [-0.2, -0.15) is 0 Å². The molecule has 0 radical (unpaired) electrons. The number of aryl methyl sites for hydroxylation is 2. The number of hydrogen-bond donors (Lipinski definition) is 2. The van der Waals surface area contributed by atoms with Crippen LogP contribution in [0.1, 0.15) is 36.5 Å². The van der Waals surface area contributed by atoms with Gasteiger partial charge < -0.3 is 19.5 Å². The van der Waals surface area contributed by atoms with Gasteiger partial charge in [0.1, 0.15) is 23.0 Å². The molecule has 2 aromatic carbocycles. The maximum Gasteiger partial charge on any atom is 0.396 e. The zero-order chi connectivity index (χ0) is 19.6. The number of rotatable bonds is 5. The Hall–Kier alpha value is -2.30. The highest BCUT2D eigenvalue weighted by Gasteiger charge is 2.25. The molecule has 2 aromatic rings. The van der Waals surface area contributed by atoms with Crippen molar-refractivity contribution in [2.24, 2.45) is 0 Å². The molecule has 26 heavy (non-hydrogen) atoms. The van der Waals surface area contributed by atoms with Crippen molar-refractivity contribution in [1.29, 1.82) is 0 Å². The minimum absolute atomic E-state index is 0.144. The lowest BCUT2D eigenvalue weighted by atomic mass is 10.0. The van der Waals surface area contributed by atoms with Crippen LogP contribution in [0.2, 0.25) is 0 Å². The minimum Gasteiger partial charge on any atom is -0.508 e. The molecule has 0 aromatic heterocycles. The molecule has 0 saturated heterocycles. The van der Waals surface area contributed by atoms with Gasteiger partial charge in [0.25, 0.3) is 0 Å². The maximum absolute atomic E-state index is 11.6. The van der Waals surface area contributed by atoms with Crippen molar-refractivity contribution in [2.75, 3.05) is 6.66 Å². The molecule has 0 bridgehead atoms. The van der Waals surface area contributed by atoms with Crippen molar-refractivity contribution in [2.45, 2.75) is 33.6 Å². The van der Waals surface area contributed by atoms with Crippen LogP contribution in [0.25, 0.3) is 0 Å². The van der Waals surface area contributed by atoms with Gasteiger partial charge in [0.05, 0.1) is 0 Å². The number of phenols is 1. The summed E-state index contributed by atoms with van der Waals surface area (Å²) in [7, 11) is -3.95. The standard InChI is InChI=1S/C19H23O6P/c1-11(2)16-10-14(6-7-17(16)20)24-18-12(3)8-15(9-13(18)4)25-19(21)26(5,22)23/h6-11,20H,1-5H3,(H,22,23). The topological polar surface area (TPSA) is 93.1 Å². The van der Waals surface area contributed by atoms with E-state index in [0.717, 1.165) is 12.2 Å². The van der Waals surface area contributed by atoms with Gasteiger partial charge in [-0.05, 0) is 61.2 Å². The summed E-state index contributed by atoms with van der Waals surface area (Å²) >= 11 is 0. The second-order valence-corrected chi connectivity index (χ2v) is 8.73. The molecule has 0 aliphatic rings. The first kappa shape index (κ1) is 20.0. The van der Waals surface area contributed by atoms with Gasteiger partial charge in [-0.3, -0.25) is 4.57 Å². The Kier molecular flexibility index (Phi) is 5.79. The second kappa shape index (κ2) is 7.52. The molecule has 0 heterocycles. The van der Waals surface area contributed by atoms with E-state index in [1.807, 2.05) is 13.8 Å². The van der Waals surface area contributed by atoms with Gasteiger partial charge in [0.2, 0.25) is 0 Å². The van der Waals surface area contributed by atoms with Gasteiger partial charge in [0.15, 0.2) is 0 Å². The van der Waals surface area contributed by atoms with E-state index in [2.05, 4.69) is 0 Å². The quantitative estimate of drug-likeness (QED) is 0.684. The van der Waals surface area contributed by atoms with Gasteiger partial charge in [-0.25, -0.2) is 4.79 Å². The summed E-state index contributed by atoms with van der Waals surface area (Å²) in [5, 5.41) is 9.92. The van der Waals surface area contributed by atoms with E-state index in [1.165, 1.54) is 0 Å². The van der Waals surface area contributed by atoms with Crippen LogP contribution in [-0.2, 0) is 4.57 Å². The zero-order valence-electron chi connectivity index (χ0n) is 15.4. The lowest BCUT2D eigenvalue weighted by Gasteiger charge is -2.16. The average molecular weight is 378 g/mol. The summed E-state index contributed by atoms with van der Waals surface area (Å²) in [4.78, 5) is 20.8. The number of benzene rings is 2. The highest BCUT2D eigenvalue weighted by molar-refractivity contribution is 7.74. The van der Waals surface area contributed by atoms with Crippen molar-refractivity contribution in [3.63, 3.8) is 0 Å². The molecule has 0 amide bonds. The van der Waals surface area contributed by atoms with Crippen molar-refractivity contribution >= 4 is 13.1 Å². The number of phenolic OH excluding ortho intramolecular Hbond substituents is 1. The first-order valence-electron chi connectivity index (χ1n) is 8.13. The van der Waals surface area contributed by atoms with Crippen molar-refractivity contribution in [3.05, 3.63) is 47.0 Å². The molecule has 0 aliphatic carbocycles. The van der Waals surface area contributed by atoms with Crippen LogP contribution in [-0.4, -0.2) is 22.4 Å². The van der Waals surface area contributed by atoms with Crippen LogP contribution >= 0.6 is 7.37 Å². The fraction of sp³-hybridized carbons (Fsp3) is 0.316. The number of carbonyl (C=O) groups excluding carboxylic acids is 1. The Morgan fingerprint density at radius 3 is 2.15 bits per heavy atom. The van der Waals surface area contributed by atoms with Crippen LogP contribution in [0, 0.1) is 13.8 Å². The third kappa shape index (κ3) is 4.65. The molecule has 2 rings (SSSR count). The van der Waals surface area contributed by atoms with Gasteiger partial charge >= 0.3 is 13.1 Å². The van der Waals surface area contributed by atoms with E-state index in [9.17, 15) is 19.4 Å². The predicted octanol–water partition coefficient (Wildman–Crippen LogP) is 5.32. The SMILES string of the molecule is Cc1cc(OC(=O)P(C)(=O)O)cc(C)c1Oc1ccc(O)c(C(C)C)c1. The molecule has 1 unspecified atom stereocenters. The van der Waals surface area contributed by atoms with Crippen molar-refractivity contribution < 1.29 is 28.8 Å². The molecule has 0 aliphatic heterocycles. The fourth-order valence-electron chi connectivity index (χ4n) is 2.49. The third-order valence-electron chi connectivity index (χ3n) is 3.82. The molecular formula is C19H23O6P. The summed E-state index contributed by atoms with van der Waals surface area (Å²) in [5.41, 5.74) is 1.03. The first-order chi connectivity index (χ1) is 12.0. The maximum atomic E-state index is 11.6.